The van der Waals surface area contributed by atoms with Gasteiger partial charge in [-0.1, -0.05) is 74.5 Å². The highest BCUT2D eigenvalue weighted by molar-refractivity contribution is 5.17. The van der Waals surface area contributed by atoms with E-state index in [4.69, 9.17) is 0 Å². The maximum absolute atomic E-state index is 10.7. The fourth-order valence-electron chi connectivity index (χ4n) is 3.09. The Balaban J connectivity index is 1.92. The van der Waals surface area contributed by atoms with Gasteiger partial charge in [-0.05, 0) is 42.7 Å². The fourth-order valence-corrected chi connectivity index (χ4v) is 3.09. The lowest BCUT2D eigenvalue weighted by atomic mass is 9.75. The van der Waals surface area contributed by atoms with Crippen LogP contribution < -0.4 is 0 Å². The second kappa shape index (κ2) is 7.96. The Morgan fingerprint density at radius 3 is 1.88 bits per heavy atom. The molecule has 0 aliphatic rings. The first-order valence-electron chi connectivity index (χ1n) is 8.77. The standard InChI is InChI=1S/C22H30O2/c1-21(2,16-19-12-8-5-9-13-19)20(23)17-22(3,24)15-14-18-10-6-4-7-11-18/h4-13,20,23-24H,14-17H2,1-3H3. The quantitative estimate of drug-likeness (QED) is 0.755. The molecule has 0 bridgehead atoms. The Morgan fingerprint density at radius 1 is 0.833 bits per heavy atom. The molecule has 0 amide bonds. The summed E-state index contributed by atoms with van der Waals surface area (Å²) in [7, 11) is 0. The smallest absolute Gasteiger partial charge is 0.0647 e. The molecule has 0 saturated carbocycles. The first-order chi connectivity index (χ1) is 11.3. The molecule has 0 fully saturated rings. The molecule has 2 unspecified atom stereocenters. The zero-order valence-corrected chi connectivity index (χ0v) is 15.1. The van der Waals surface area contributed by atoms with Crippen LogP contribution in [0.5, 0.6) is 0 Å². The van der Waals surface area contributed by atoms with Gasteiger partial charge in [-0.25, -0.2) is 0 Å². The van der Waals surface area contributed by atoms with Crippen molar-refractivity contribution in [1.82, 2.24) is 0 Å². The predicted octanol–water partition coefficient (Wildman–Crippen LogP) is 4.39. The number of benzene rings is 2. The number of aliphatic hydroxyl groups excluding tert-OH is 1. The van der Waals surface area contributed by atoms with Crippen LogP contribution in [0.3, 0.4) is 0 Å². The van der Waals surface area contributed by atoms with E-state index in [0.717, 1.165) is 12.8 Å². The first-order valence-corrected chi connectivity index (χ1v) is 8.77. The summed E-state index contributed by atoms with van der Waals surface area (Å²) in [5.74, 6) is 0. The molecule has 0 saturated heterocycles. The van der Waals surface area contributed by atoms with Gasteiger partial charge in [0.05, 0.1) is 11.7 Å². The highest BCUT2D eigenvalue weighted by Gasteiger charge is 2.34. The fraction of sp³-hybridized carbons (Fsp3) is 0.455. The maximum atomic E-state index is 10.7. The minimum atomic E-state index is -0.872. The van der Waals surface area contributed by atoms with Gasteiger partial charge < -0.3 is 10.2 Å². The molecular weight excluding hydrogens is 296 g/mol. The summed E-state index contributed by atoms with van der Waals surface area (Å²) in [6, 6.07) is 20.4. The van der Waals surface area contributed by atoms with Crippen LogP contribution in [0.4, 0.5) is 0 Å². The van der Waals surface area contributed by atoms with Gasteiger partial charge in [0, 0.05) is 6.42 Å². The van der Waals surface area contributed by atoms with Crippen LogP contribution >= 0.6 is 0 Å². The van der Waals surface area contributed by atoms with E-state index < -0.39 is 11.7 Å². The van der Waals surface area contributed by atoms with Gasteiger partial charge in [0.2, 0.25) is 0 Å². The molecule has 2 rings (SSSR count). The summed E-state index contributed by atoms with van der Waals surface area (Å²) in [6.07, 6.45) is 2.10. The topological polar surface area (TPSA) is 40.5 Å². The van der Waals surface area contributed by atoms with Crippen LogP contribution in [0.2, 0.25) is 0 Å². The molecule has 0 radical (unpaired) electrons. The van der Waals surface area contributed by atoms with Crippen LogP contribution in [0.25, 0.3) is 0 Å². The van der Waals surface area contributed by atoms with Gasteiger partial charge in [0.25, 0.3) is 0 Å². The molecule has 2 N–H and O–H groups in total. The van der Waals surface area contributed by atoms with Crippen LogP contribution in [0.1, 0.15) is 44.7 Å². The molecule has 0 heterocycles. The van der Waals surface area contributed by atoms with Crippen molar-refractivity contribution in [2.75, 3.05) is 0 Å². The number of aliphatic hydroxyl groups is 2. The van der Waals surface area contributed by atoms with Gasteiger partial charge in [-0.15, -0.1) is 0 Å². The van der Waals surface area contributed by atoms with E-state index in [-0.39, 0.29) is 5.41 Å². The second-order valence-corrected chi connectivity index (χ2v) is 7.85. The summed E-state index contributed by atoms with van der Waals surface area (Å²) in [6.45, 7) is 5.97. The molecule has 24 heavy (non-hydrogen) atoms. The van der Waals surface area contributed by atoms with E-state index in [1.165, 1.54) is 11.1 Å². The van der Waals surface area contributed by atoms with Crippen LogP contribution in [-0.2, 0) is 12.8 Å². The first kappa shape index (κ1) is 18.7. The van der Waals surface area contributed by atoms with Crippen molar-refractivity contribution in [3.8, 4) is 0 Å². The lowest BCUT2D eigenvalue weighted by Gasteiger charge is -2.35. The minimum Gasteiger partial charge on any atom is -0.392 e. The Bertz CT molecular complexity index is 602. The normalized spacial score (nSPS) is 15.7. The Labute approximate surface area is 146 Å². The average Bonchev–Trinajstić information content (AvgIpc) is 2.54. The molecule has 0 spiro atoms. The van der Waals surface area contributed by atoms with E-state index in [2.05, 4.69) is 38.1 Å². The minimum absolute atomic E-state index is 0.280. The van der Waals surface area contributed by atoms with Crippen molar-refractivity contribution in [2.24, 2.45) is 5.41 Å². The molecule has 2 heteroatoms. The van der Waals surface area contributed by atoms with Gasteiger partial charge >= 0.3 is 0 Å². The average molecular weight is 326 g/mol. The summed E-state index contributed by atoms with van der Waals surface area (Å²) in [5, 5.41) is 21.4. The van der Waals surface area contributed by atoms with E-state index in [1.54, 1.807) is 0 Å². The maximum Gasteiger partial charge on any atom is 0.0647 e. The van der Waals surface area contributed by atoms with Crippen LogP contribution in [0, 0.1) is 5.41 Å². The molecule has 0 aromatic heterocycles. The highest BCUT2D eigenvalue weighted by atomic mass is 16.3. The van der Waals surface area contributed by atoms with Crippen molar-refractivity contribution >= 4 is 0 Å². The van der Waals surface area contributed by atoms with Crippen molar-refractivity contribution in [1.29, 1.82) is 0 Å². The van der Waals surface area contributed by atoms with Gasteiger partial charge in [0.15, 0.2) is 0 Å². The van der Waals surface area contributed by atoms with Crippen LogP contribution in [0.15, 0.2) is 60.7 Å². The van der Waals surface area contributed by atoms with Crippen molar-refractivity contribution in [3.05, 3.63) is 71.8 Å². The van der Waals surface area contributed by atoms with E-state index >= 15 is 0 Å². The van der Waals surface area contributed by atoms with E-state index in [1.807, 2.05) is 43.3 Å². The Kier molecular flexibility index (Phi) is 6.20. The van der Waals surface area contributed by atoms with Crippen molar-refractivity contribution in [3.63, 3.8) is 0 Å². The second-order valence-electron chi connectivity index (χ2n) is 7.85. The number of hydrogen-bond donors (Lipinski definition) is 2. The summed E-state index contributed by atoms with van der Waals surface area (Å²) >= 11 is 0. The number of aryl methyl sites for hydroxylation is 1. The molecule has 2 atom stereocenters. The van der Waals surface area contributed by atoms with Crippen molar-refractivity contribution < 1.29 is 10.2 Å². The lowest BCUT2D eigenvalue weighted by molar-refractivity contribution is -0.0433. The van der Waals surface area contributed by atoms with Gasteiger partial charge in [-0.2, -0.15) is 0 Å². The molecule has 2 aromatic carbocycles. The molecule has 0 aliphatic heterocycles. The monoisotopic (exact) mass is 326 g/mol. The molecule has 0 aliphatic carbocycles. The zero-order chi connectivity index (χ0) is 17.6. The Morgan fingerprint density at radius 2 is 1.33 bits per heavy atom. The summed E-state index contributed by atoms with van der Waals surface area (Å²) < 4.78 is 0. The van der Waals surface area contributed by atoms with Gasteiger partial charge in [-0.3, -0.25) is 0 Å². The largest absolute Gasteiger partial charge is 0.392 e. The predicted molar refractivity (Wildman–Crippen MR) is 99.9 cm³/mol. The van der Waals surface area contributed by atoms with Crippen LogP contribution in [-0.4, -0.2) is 21.9 Å². The number of hydrogen-bond acceptors (Lipinski definition) is 2. The molecule has 2 nitrogen and oxygen atoms in total. The third kappa shape index (κ3) is 5.77. The van der Waals surface area contributed by atoms with Gasteiger partial charge in [0.1, 0.15) is 0 Å². The third-order valence-corrected chi connectivity index (χ3v) is 4.83. The lowest BCUT2D eigenvalue weighted by Crippen LogP contribution is -2.39. The van der Waals surface area contributed by atoms with E-state index in [9.17, 15) is 10.2 Å². The Hall–Kier alpha value is -1.64. The van der Waals surface area contributed by atoms with Crippen molar-refractivity contribution in [2.45, 2.75) is 58.2 Å². The highest BCUT2D eigenvalue weighted by Crippen LogP contribution is 2.32. The third-order valence-electron chi connectivity index (χ3n) is 4.83. The molecule has 2 aromatic rings. The molecular formula is C22H30O2. The number of rotatable bonds is 8. The van der Waals surface area contributed by atoms with E-state index in [0.29, 0.717) is 12.8 Å². The SMILES string of the molecule is CC(O)(CCc1ccccc1)CC(O)C(C)(C)Cc1ccccc1. The summed E-state index contributed by atoms with van der Waals surface area (Å²) in [5.41, 5.74) is 1.28. The zero-order valence-electron chi connectivity index (χ0n) is 15.1. The summed E-state index contributed by atoms with van der Waals surface area (Å²) in [4.78, 5) is 0. The molecule has 130 valence electrons.